The molecule has 2 heteroatoms. The predicted octanol–water partition coefficient (Wildman–Crippen LogP) is 3.68. The second-order valence-electron chi connectivity index (χ2n) is 3.19. The monoisotopic (exact) mass is 176 g/mol. The van der Waals surface area contributed by atoms with Crippen LogP contribution in [0.2, 0.25) is 0 Å². The van der Waals surface area contributed by atoms with Crippen molar-refractivity contribution in [1.82, 2.24) is 0 Å². The number of hydrogen-bond acceptors (Lipinski definition) is 2. The van der Waals surface area contributed by atoms with Crippen LogP contribution >= 0.6 is 22.5 Å². The molecule has 0 amide bonds. The summed E-state index contributed by atoms with van der Waals surface area (Å²) in [5.41, 5.74) is 0. The number of rotatable bonds is 2. The van der Waals surface area contributed by atoms with E-state index in [9.17, 15) is 0 Å². The Hall–Kier alpha value is 0.700. The Kier molecular flexibility index (Phi) is 3.44. The Bertz CT molecular complexity index is 89.4. The van der Waals surface area contributed by atoms with E-state index in [1.807, 2.05) is 0 Å². The van der Waals surface area contributed by atoms with Crippen molar-refractivity contribution in [3.8, 4) is 0 Å². The molecule has 10 heavy (non-hydrogen) atoms. The van der Waals surface area contributed by atoms with Gasteiger partial charge in [0.05, 0.1) is 0 Å². The van der Waals surface area contributed by atoms with Crippen molar-refractivity contribution in [2.45, 2.75) is 50.2 Å². The van der Waals surface area contributed by atoms with Gasteiger partial charge < -0.3 is 0 Å². The lowest BCUT2D eigenvalue weighted by Gasteiger charge is -2.33. The molecule has 0 spiro atoms. The van der Waals surface area contributed by atoms with Crippen LogP contribution in [0.25, 0.3) is 0 Å². The Labute approximate surface area is 73.0 Å². The summed E-state index contributed by atoms with van der Waals surface area (Å²) in [6.07, 6.45) is 8.34. The van der Waals surface area contributed by atoms with E-state index in [1.54, 1.807) is 10.8 Å². The Morgan fingerprint density at radius 1 is 1.30 bits per heavy atom. The van der Waals surface area contributed by atoms with E-state index in [4.69, 9.17) is 0 Å². The minimum Gasteiger partial charge on any atom is -0.111 e. The maximum atomic E-state index is 4.35. The highest BCUT2D eigenvalue weighted by Crippen LogP contribution is 2.43. The zero-order valence-corrected chi connectivity index (χ0v) is 8.31. The molecule has 0 radical (unpaired) electrons. The van der Waals surface area contributed by atoms with Crippen LogP contribution in [0.15, 0.2) is 0 Å². The zero-order chi connectivity index (χ0) is 7.45. The van der Waals surface area contributed by atoms with E-state index in [-0.39, 0.29) is 0 Å². The molecule has 60 valence electrons. The largest absolute Gasteiger partial charge is 0.111 e. The van der Waals surface area contributed by atoms with Gasteiger partial charge in [0, 0.05) is 4.75 Å². The molecule has 0 unspecified atom stereocenters. The summed E-state index contributed by atoms with van der Waals surface area (Å²) >= 11 is 4.35. The minimum absolute atomic E-state index is 0.543. The molecule has 0 aliphatic heterocycles. The summed E-state index contributed by atoms with van der Waals surface area (Å²) in [7, 11) is 1.79. The molecule has 1 aliphatic rings. The number of thiol groups is 1. The maximum Gasteiger partial charge on any atom is 0.0258 e. The first-order chi connectivity index (χ1) is 4.83. The lowest BCUT2D eigenvalue weighted by atomic mass is 9.86. The first kappa shape index (κ1) is 8.79. The molecule has 1 saturated carbocycles. The first-order valence-corrected chi connectivity index (χ1v) is 6.02. The molecule has 0 aromatic carbocycles. The maximum absolute atomic E-state index is 4.35. The molecule has 1 fully saturated rings. The van der Waals surface area contributed by atoms with Crippen molar-refractivity contribution < 1.29 is 0 Å². The van der Waals surface area contributed by atoms with Crippen molar-refractivity contribution in [2.24, 2.45) is 0 Å². The average Bonchev–Trinajstić information content (AvgIpc) is 2.06. The first-order valence-electron chi connectivity index (χ1n) is 4.15. The third-order valence-corrected chi connectivity index (χ3v) is 4.85. The summed E-state index contributed by atoms with van der Waals surface area (Å²) in [6, 6.07) is 0. The van der Waals surface area contributed by atoms with Crippen LogP contribution in [0.5, 0.6) is 0 Å². The third-order valence-electron chi connectivity index (χ3n) is 2.60. The SMILES string of the molecule is CCC1(SS)CCCCC1. The molecule has 0 atom stereocenters. The summed E-state index contributed by atoms with van der Waals surface area (Å²) in [4.78, 5) is 0. The van der Waals surface area contributed by atoms with Gasteiger partial charge in [0.1, 0.15) is 0 Å². The van der Waals surface area contributed by atoms with Crippen LogP contribution in [-0.2, 0) is 0 Å². The quantitative estimate of drug-likeness (QED) is 0.495. The summed E-state index contributed by atoms with van der Waals surface area (Å²) in [5.74, 6) is 0. The molecular formula is C8H16S2. The fourth-order valence-electron chi connectivity index (χ4n) is 1.71. The Balaban J connectivity index is 2.44. The van der Waals surface area contributed by atoms with Gasteiger partial charge in [-0.05, 0) is 19.3 Å². The molecule has 1 aliphatic carbocycles. The normalized spacial score (nSPS) is 24.6. The van der Waals surface area contributed by atoms with Gasteiger partial charge in [-0.1, -0.05) is 37.0 Å². The lowest BCUT2D eigenvalue weighted by molar-refractivity contribution is 0.390. The second kappa shape index (κ2) is 3.91. The highest BCUT2D eigenvalue weighted by Gasteiger charge is 2.29. The van der Waals surface area contributed by atoms with Gasteiger partial charge in [0.25, 0.3) is 0 Å². The van der Waals surface area contributed by atoms with Crippen LogP contribution in [0, 0.1) is 0 Å². The van der Waals surface area contributed by atoms with E-state index in [2.05, 4.69) is 18.6 Å². The topological polar surface area (TPSA) is 0 Å². The predicted molar refractivity (Wildman–Crippen MR) is 52.7 cm³/mol. The fourth-order valence-corrected chi connectivity index (χ4v) is 3.24. The molecule has 0 nitrogen and oxygen atoms in total. The Morgan fingerprint density at radius 2 is 1.90 bits per heavy atom. The fraction of sp³-hybridized carbons (Fsp3) is 1.00. The van der Waals surface area contributed by atoms with Crippen LogP contribution in [0.1, 0.15) is 45.4 Å². The summed E-state index contributed by atoms with van der Waals surface area (Å²) in [6.45, 7) is 2.29. The molecule has 0 aromatic rings. The van der Waals surface area contributed by atoms with Crippen LogP contribution in [-0.4, -0.2) is 4.75 Å². The molecule has 0 N–H and O–H groups in total. The van der Waals surface area contributed by atoms with Gasteiger partial charge >= 0.3 is 0 Å². The Morgan fingerprint density at radius 3 is 2.20 bits per heavy atom. The van der Waals surface area contributed by atoms with Gasteiger partial charge in [-0.15, -0.1) is 11.7 Å². The van der Waals surface area contributed by atoms with Crippen molar-refractivity contribution >= 4 is 22.5 Å². The average molecular weight is 176 g/mol. The van der Waals surface area contributed by atoms with E-state index in [1.165, 1.54) is 38.5 Å². The summed E-state index contributed by atoms with van der Waals surface area (Å²) < 4.78 is 0.543. The highest BCUT2D eigenvalue weighted by molar-refractivity contribution is 8.69. The molecule has 0 bridgehead atoms. The van der Waals surface area contributed by atoms with Gasteiger partial charge in [-0.25, -0.2) is 0 Å². The van der Waals surface area contributed by atoms with Gasteiger partial charge in [0.15, 0.2) is 0 Å². The zero-order valence-electron chi connectivity index (χ0n) is 6.60. The van der Waals surface area contributed by atoms with E-state index < -0.39 is 0 Å². The number of hydrogen-bond donors (Lipinski definition) is 1. The van der Waals surface area contributed by atoms with Crippen molar-refractivity contribution in [3.63, 3.8) is 0 Å². The van der Waals surface area contributed by atoms with Crippen molar-refractivity contribution in [3.05, 3.63) is 0 Å². The van der Waals surface area contributed by atoms with E-state index in [0.717, 1.165) is 0 Å². The van der Waals surface area contributed by atoms with E-state index >= 15 is 0 Å². The molecule has 0 aromatic heterocycles. The molecule has 1 rings (SSSR count). The van der Waals surface area contributed by atoms with Gasteiger partial charge in [-0.3, -0.25) is 0 Å². The molecule has 0 heterocycles. The lowest BCUT2D eigenvalue weighted by Crippen LogP contribution is -2.25. The molecular weight excluding hydrogens is 160 g/mol. The third kappa shape index (κ3) is 1.85. The molecule has 0 saturated heterocycles. The van der Waals surface area contributed by atoms with Crippen LogP contribution in [0.3, 0.4) is 0 Å². The van der Waals surface area contributed by atoms with E-state index in [0.29, 0.717) is 4.75 Å². The van der Waals surface area contributed by atoms with Gasteiger partial charge in [-0.2, -0.15) is 0 Å². The summed E-state index contributed by atoms with van der Waals surface area (Å²) in [5, 5.41) is 0. The second-order valence-corrected chi connectivity index (χ2v) is 4.78. The van der Waals surface area contributed by atoms with Crippen LogP contribution in [0.4, 0.5) is 0 Å². The van der Waals surface area contributed by atoms with Crippen molar-refractivity contribution in [1.29, 1.82) is 0 Å². The minimum atomic E-state index is 0.543. The highest BCUT2D eigenvalue weighted by atomic mass is 33.1. The van der Waals surface area contributed by atoms with Gasteiger partial charge in [0.2, 0.25) is 0 Å². The standard InChI is InChI=1S/C8H16S2/c1-2-8(10-9)6-4-3-5-7-8/h9H,2-7H2,1H3. The smallest absolute Gasteiger partial charge is 0.0258 e. The van der Waals surface area contributed by atoms with Crippen molar-refractivity contribution in [2.75, 3.05) is 0 Å². The van der Waals surface area contributed by atoms with Crippen LogP contribution < -0.4 is 0 Å².